The Morgan fingerprint density at radius 1 is 1.35 bits per heavy atom. The molecule has 0 bridgehead atoms. The minimum absolute atomic E-state index is 0.266. The zero-order valence-electron chi connectivity index (χ0n) is 15.2. The molecule has 0 spiro atoms. The summed E-state index contributed by atoms with van der Waals surface area (Å²) in [6.45, 7) is 8.99. The highest BCUT2D eigenvalue weighted by molar-refractivity contribution is 7.09. The van der Waals surface area contributed by atoms with Gasteiger partial charge in [0.25, 0.3) is 0 Å². The van der Waals surface area contributed by atoms with Crippen molar-refractivity contribution in [2.24, 2.45) is 0 Å². The van der Waals surface area contributed by atoms with Crippen molar-refractivity contribution in [2.45, 2.75) is 46.1 Å². The van der Waals surface area contributed by atoms with Crippen molar-refractivity contribution >= 4 is 11.3 Å². The van der Waals surface area contributed by atoms with Crippen LogP contribution in [0.15, 0.2) is 30.3 Å². The molecule has 1 unspecified atom stereocenters. The first-order valence-electron chi connectivity index (χ1n) is 8.94. The summed E-state index contributed by atoms with van der Waals surface area (Å²) in [5.41, 5.74) is 3.49. The number of imidazole rings is 1. The van der Waals surface area contributed by atoms with E-state index in [1.165, 1.54) is 11.3 Å². The van der Waals surface area contributed by atoms with Crippen LogP contribution >= 0.6 is 11.3 Å². The van der Waals surface area contributed by atoms with Crippen molar-refractivity contribution in [1.29, 1.82) is 0 Å². The van der Waals surface area contributed by atoms with Crippen molar-refractivity contribution in [3.8, 4) is 0 Å². The van der Waals surface area contributed by atoms with E-state index in [-0.39, 0.29) is 6.04 Å². The molecular formula is C18H24N6OS. The third kappa shape index (κ3) is 3.87. The second-order valence-electron chi connectivity index (χ2n) is 6.69. The molecule has 4 rings (SSSR count). The number of aryl methyl sites for hydroxylation is 2. The van der Waals surface area contributed by atoms with Crippen molar-refractivity contribution in [1.82, 2.24) is 29.2 Å². The molecule has 7 nitrogen and oxygen atoms in total. The largest absolute Gasteiger partial charge is 0.373 e. The first-order chi connectivity index (χ1) is 12.7. The molecule has 8 heteroatoms. The summed E-state index contributed by atoms with van der Waals surface area (Å²) < 4.78 is 10.2. The van der Waals surface area contributed by atoms with E-state index < -0.39 is 0 Å². The predicted molar refractivity (Wildman–Crippen MR) is 99.8 cm³/mol. The lowest BCUT2D eigenvalue weighted by Crippen LogP contribution is -2.38. The van der Waals surface area contributed by atoms with Gasteiger partial charge >= 0.3 is 0 Å². The van der Waals surface area contributed by atoms with Gasteiger partial charge in [0.2, 0.25) is 0 Å². The second-order valence-corrected chi connectivity index (χ2v) is 7.76. The molecule has 26 heavy (non-hydrogen) atoms. The number of hydrogen-bond donors (Lipinski definition) is 0. The molecule has 0 aliphatic carbocycles. The SMILES string of the molecule is CCn1cc(CN2Cc3cncn3C(COCc3csc(C)n3)C2)cn1. The molecule has 1 aliphatic heterocycles. The van der Waals surface area contributed by atoms with Gasteiger partial charge in [-0.1, -0.05) is 0 Å². The topological polar surface area (TPSA) is 61.0 Å². The molecule has 1 aliphatic rings. The number of ether oxygens (including phenoxy) is 1. The molecule has 0 amide bonds. The van der Waals surface area contributed by atoms with Crippen LogP contribution in [0.4, 0.5) is 0 Å². The van der Waals surface area contributed by atoms with Crippen LogP contribution < -0.4 is 0 Å². The van der Waals surface area contributed by atoms with Gasteiger partial charge < -0.3 is 9.30 Å². The second kappa shape index (κ2) is 7.69. The van der Waals surface area contributed by atoms with Crippen molar-refractivity contribution < 1.29 is 4.74 Å². The van der Waals surface area contributed by atoms with E-state index in [0.29, 0.717) is 13.2 Å². The Morgan fingerprint density at radius 2 is 2.27 bits per heavy atom. The zero-order chi connectivity index (χ0) is 17.9. The molecule has 0 radical (unpaired) electrons. The fourth-order valence-corrected chi connectivity index (χ4v) is 4.01. The smallest absolute Gasteiger partial charge is 0.0952 e. The minimum atomic E-state index is 0.266. The number of nitrogens with zero attached hydrogens (tertiary/aromatic N) is 6. The molecule has 3 aromatic heterocycles. The summed E-state index contributed by atoms with van der Waals surface area (Å²) in [6.07, 6.45) is 7.97. The lowest BCUT2D eigenvalue weighted by molar-refractivity contribution is 0.0575. The summed E-state index contributed by atoms with van der Waals surface area (Å²) in [5, 5.41) is 7.53. The highest BCUT2D eigenvalue weighted by Crippen LogP contribution is 2.23. The number of rotatable bonds is 7. The zero-order valence-corrected chi connectivity index (χ0v) is 16.0. The van der Waals surface area contributed by atoms with Crippen LogP contribution in [0.25, 0.3) is 0 Å². The molecular weight excluding hydrogens is 348 g/mol. The fourth-order valence-electron chi connectivity index (χ4n) is 3.41. The summed E-state index contributed by atoms with van der Waals surface area (Å²) in [4.78, 5) is 11.2. The van der Waals surface area contributed by atoms with E-state index in [1.807, 2.05) is 30.3 Å². The first kappa shape index (κ1) is 17.4. The Labute approximate surface area is 157 Å². The Hall–Kier alpha value is -2.03. The number of aromatic nitrogens is 5. The normalized spacial score (nSPS) is 17.5. The highest BCUT2D eigenvalue weighted by atomic mass is 32.1. The van der Waals surface area contributed by atoms with E-state index in [0.717, 1.165) is 36.9 Å². The molecule has 4 heterocycles. The molecule has 1 atom stereocenters. The van der Waals surface area contributed by atoms with E-state index in [2.05, 4.69) is 43.0 Å². The average Bonchev–Trinajstić information content (AvgIpc) is 3.36. The van der Waals surface area contributed by atoms with E-state index >= 15 is 0 Å². The van der Waals surface area contributed by atoms with Crippen molar-refractivity contribution in [2.75, 3.05) is 13.2 Å². The van der Waals surface area contributed by atoms with Crippen LogP contribution in [-0.2, 0) is 31.0 Å². The van der Waals surface area contributed by atoms with Crippen LogP contribution in [0, 0.1) is 6.92 Å². The molecule has 0 N–H and O–H groups in total. The Bertz CT molecular complexity index is 853. The van der Waals surface area contributed by atoms with Gasteiger partial charge in [0.1, 0.15) is 0 Å². The maximum atomic E-state index is 5.97. The molecule has 138 valence electrons. The number of thiazole rings is 1. The van der Waals surface area contributed by atoms with Crippen molar-refractivity contribution in [3.05, 3.63) is 52.3 Å². The van der Waals surface area contributed by atoms with Gasteiger partial charge in [-0.25, -0.2) is 9.97 Å². The van der Waals surface area contributed by atoms with Gasteiger partial charge in [0, 0.05) is 49.5 Å². The van der Waals surface area contributed by atoms with E-state index in [4.69, 9.17) is 4.74 Å². The lowest BCUT2D eigenvalue weighted by Gasteiger charge is -2.34. The molecule has 0 aromatic carbocycles. The van der Waals surface area contributed by atoms with Crippen LogP contribution in [0.5, 0.6) is 0 Å². The third-order valence-electron chi connectivity index (χ3n) is 4.64. The molecule has 0 saturated carbocycles. The third-order valence-corrected chi connectivity index (χ3v) is 5.46. The van der Waals surface area contributed by atoms with Gasteiger partial charge in [-0.15, -0.1) is 11.3 Å². The molecule has 0 fully saturated rings. The quantitative estimate of drug-likeness (QED) is 0.638. The lowest BCUT2D eigenvalue weighted by atomic mass is 10.2. The van der Waals surface area contributed by atoms with Gasteiger partial charge in [-0.05, 0) is 13.8 Å². The number of hydrogen-bond acceptors (Lipinski definition) is 6. The summed E-state index contributed by atoms with van der Waals surface area (Å²) in [5.74, 6) is 0. The Morgan fingerprint density at radius 3 is 3.04 bits per heavy atom. The van der Waals surface area contributed by atoms with E-state index in [9.17, 15) is 0 Å². The summed E-state index contributed by atoms with van der Waals surface area (Å²) >= 11 is 1.66. The van der Waals surface area contributed by atoms with E-state index in [1.54, 1.807) is 11.3 Å². The maximum Gasteiger partial charge on any atom is 0.0952 e. The standard InChI is InChI=1S/C18H24N6OS/c1-3-23-7-15(4-20-23)6-22-8-17-5-19-13-24(17)18(9-22)11-25-10-16-12-26-14(2)21-16/h4-5,7,12-13,18H,3,6,8-11H2,1-2H3. The summed E-state index contributed by atoms with van der Waals surface area (Å²) in [7, 11) is 0. The van der Waals surface area contributed by atoms with Gasteiger partial charge in [-0.2, -0.15) is 5.10 Å². The monoisotopic (exact) mass is 372 g/mol. The minimum Gasteiger partial charge on any atom is -0.373 e. The van der Waals surface area contributed by atoms with Gasteiger partial charge in [0.05, 0.1) is 48.2 Å². The van der Waals surface area contributed by atoms with Gasteiger partial charge in [-0.3, -0.25) is 9.58 Å². The van der Waals surface area contributed by atoms with Crippen LogP contribution in [0.1, 0.15) is 34.9 Å². The van der Waals surface area contributed by atoms with Crippen LogP contribution in [0.3, 0.4) is 0 Å². The molecule has 0 saturated heterocycles. The highest BCUT2D eigenvalue weighted by Gasteiger charge is 2.25. The average molecular weight is 372 g/mol. The Balaban J connectivity index is 1.39. The summed E-state index contributed by atoms with van der Waals surface area (Å²) in [6, 6.07) is 0.266. The first-order valence-corrected chi connectivity index (χ1v) is 9.82. The molecule has 3 aromatic rings. The van der Waals surface area contributed by atoms with Crippen LogP contribution in [0.2, 0.25) is 0 Å². The predicted octanol–water partition coefficient (Wildman–Crippen LogP) is 2.64. The van der Waals surface area contributed by atoms with Crippen molar-refractivity contribution in [3.63, 3.8) is 0 Å². The van der Waals surface area contributed by atoms with Crippen LogP contribution in [-0.4, -0.2) is 42.4 Å². The Kier molecular flexibility index (Phi) is 5.14. The maximum absolute atomic E-state index is 5.97. The van der Waals surface area contributed by atoms with Gasteiger partial charge in [0.15, 0.2) is 0 Å². The number of fused-ring (bicyclic) bond motifs is 1. The fraction of sp³-hybridized carbons (Fsp3) is 0.500.